The smallest absolute Gasteiger partial charge is 0.130 e. The van der Waals surface area contributed by atoms with Crippen LogP contribution in [0.1, 0.15) is 11.4 Å². The van der Waals surface area contributed by atoms with Gasteiger partial charge in [0.1, 0.15) is 10.5 Å². The van der Waals surface area contributed by atoms with Gasteiger partial charge >= 0.3 is 0 Å². The Morgan fingerprint density at radius 1 is 1.05 bits per heavy atom. The first-order valence-electron chi connectivity index (χ1n) is 6.36. The number of nitrogens with one attached hydrogen (secondary N) is 1. The van der Waals surface area contributed by atoms with Crippen LogP contribution in [-0.4, -0.2) is 15.0 Å². The predicted molar refractivity (Wildman–Crippen MR) is 81.9 cm³/mol. The van der Waals surface area contributed by atoms with Crippen LogP contribution >= 0.6 is 12.2 Å². The van der Waals surface area contributed by atoms with E-state index in [0.29, 0.717) is 11.1 Å². The molecule has 0 saturated heterocycles. The average Bonchev–Trinajstić information content (AvgIpc) is 2.49. The highest BCUT2D eigenvalue weighted by Crippen LogP contribution is 2.17. The van der Waals surface area contributed by atoms with E-state index in [0.717, 1.165) is 22.6 Å². The summed E-state index contributed by atoms with van der Waals surface area (Å²) in [5, 5.41) is 0. The monoisotopic (exact) mass is 279 g/mol. The molecule has 0 bridgehead atoms. The number of pyridine rings is 1. The zero-order chi connectivity index (χ0) is 13.8. The van der Waals surface area contributed by atoms with Gasteiger partial charge < -0.3 is 4.98 Å². The Bertz CT molecular complexity index is 751. The van der Waals surface area contributed by atoms with Crippen molar-refractivity contribution in [2.75, 3.05) is 0 Å². The lowest BCUT2D eigenvalue weighted by molar-refractivity contribution is 0.958. The second-order valence-electron chi connectivity index (χ2n) is 4.48. The van der Waals surface area contributed by atoms with Crippen molar-refractivity contribution in [3.8, 4) is 11.3 Å². The van der Waals surface area contributed by atoms with Crippen molar-refractivity contribution in [3.05, 3.63) is 77.0 Å². The number of nitrogens with zero attached hydrogens (tertiary/aromatic N) is 2. The fourth-order valence-electron chi connectivity index (χ4n) is 2.06. The van der Waals surface area contributed by atoms with E-state index in [1.807, 2.05) is 42.6 Å². The molecule has 3 rings (SSSR count). The van der Waals surface area contributed by atoms with Crippen molar-refractivity contribution in [2.45, 2.75) is 6.42 Å². The van der Waals surface area contributed by atoms with Crippen LogP contribution in [0.4, 0.5) is 0 Å². The maximum absolute atomic E-state index is 5.26. The Morgan fingerprint density at radius 2 is 1.90 bits per heavy atom. The van der Waals surface area contributed by atoms with E-state index in [1.54, 1.807) is 6.20 Å². The van der Waals surface area contributed by atoms with E-state index in [1.165, 1.54) is 0 Å². The molecule has 1 aromatic carbocycles. The molecule has 0 unspecified atom stereocenters. The summed E-state index contributed by atoms with van der Waals surface area (Å²) < 4.78 is 0.599. The molecule has 2 aromatic heterocycles. The number of H-pyrrole nitrogens is 1. The van der Waals surface area contributed by atoms with E-state index in [4.69, 9.17) is 12.2 Å². The van der Waals surface area contributed by atoms with Gasteiger partial charge in [-0.15, -0.1) is 0 Å². The van der Waals surface area contributed by atoms with Gasteiger partial charge in [-0.3, -0.25) is 4.98 Å². The van der Waals surface area contributed by atoms with Crippen molar-refractivity contribution >= 4 is 12.2 Å². The predicted octanol–water partition coefficient (Wildman–Crippen LogP) is 3.79. The van der Waals surface area contributed by atoms with Gasteiger partial charge in [0.15, 0.2) is 0 Å². The molecule has 2 heterocycles. The maximum atomic E-state index is 5.26. The van der Waals surface area contributed by atoms with Crippen molar-refractivity contribution < 1.29 is 0 Å². The van der Waals surface area contributed by atoms with E-state index < -0.39 is 0 Å². The molecular formula is C16H13N3S. The van der Waals surface area contributed by atoms with E-state index >= 15 is 0 Å². The molecule has 0 fully saturated rings. The van der Waals surface area contributed by atoms with Crippen LogP contribution in [-0.2, 0) is 6.42 Å². The minimum absolute atomic E-state index is 0.599. The Balaban J connectivity index is 1.97. The minimum atomic E-state index is 0.599. The summed E-state index contributed by atoms with van der Waals surface area (Å²) in [7, 11) is 0. The lowest BCUT2D eigenvalue weighted by Gasteiger charge is -2.06. The number of hydrogen-bond acceptors (Lipinski definition) is 3. The summed E-state index contributed by atoms with van der Waals surface area (Å²) in [4.78, 5) is 11.8. The highest BCUT2D eigenvalue weighted by atomic mass is 32.1. The molecule has 0 atom stereocenters. The largest absolute Gasteiger partial charge is 0.343 e. The summed E-state index contributed by atoms with van der Waals surface area (Å²) in [5.74, 6) is 0.851. The van der Waals surface area contributed by atoms with Gasteiger partial charge in [-0.2, -0.15) is 0 Å². The number of benzene rings is 1. The van der Waals surface area contributed by atoms with Crippen LogP contribution in [0.15, 0.2) is 60.9 Å². The first-order chi connectivity index (χ1) is 9.81. The third kappa shape index (κ3) is 2.97. The standard InChI is InChI=1S/C16H13N3S/c20-16-10-14(13-6-2-1-3-7-13)18-15(19-16)9-12-5-4-8-17-11-12/h1-8,10-11H,9H2,(H,18,19,20). The normalized spacial score (nSPS) is 10.4. The van der Waals surface area contributed by atoms with E-state index in [-0.39, 0.29) is 0 Å². The van der Waals surface area contributed by atoms with Gasteiger partial charge in [-0.25, -0.2) is 4.98 Å². The van der Waals surface area contributed by atoms with Gasteiger partial charge in [0.05, 0.1) is 0 Å². The molecule has 3 aromatic rings. The second-order valence-corrected chi connectivity index (χ2v) is 4.90. The van der Waals surface area contributed by atoms with Crippen LogP contribution in [0.3, 0.4) is 0 Å². The summed E-state index contributed by atoms with van der Waals surface area (Å²) in [6.45, 7) is 0. The molecule has 1 N–H and O–H groups in total. The molecule has 3 nitrogen and oxygen atoms in total. The summed E-state index contributed by atoms with van der Waals surface area (Å²) in [6, 6.07) is 15.9. The molecule has 0 aliphatic heterocycles. The second kappa shape index (κ2) is 5.75. The van der Waals surface area contributed by atoms with Crippen LogP contribution in [0.25, 0.3) is 11.3 Å². The molecule has 20 heavy (non-hydrogen) atoms. The zero-order valence-electron chi connectivity index (χ0n) is 10.8. The summed E-state index contributed by atoms with van der Waals surface area (Å²) in [6.07, 6.45) is 4.30. The number of rotatable bonds is 3. The molecule has 4 heteroatoms. The van der Waals surface area contributed by atoms with Crippen molar-refractivity contribution in [2.24, 2.45) is 0 Å². The molecule has 0 radical (unpaired) electrons. The Morgan fingerprint density at radius 3 is 2.65 bits per heavy atom. The fraction of sp³-hybridized carbons (Fsp3) is 0.0625. The van der Waals surface area contributed by atoms with Crippen molar-refractivity contribution in [1.82, 2.24) is 15.0 Å². The number of aromatic amines is 1. The van der Waals surface area contributed by atoms with Gasteiger partial charge in [0.2, 0.25) is 0 Å². The molecular weight excluding hydrogens is 266 g/mol. The van der Waals surface area contributed by atoms with E-state index in [2.05, 4.69) is 27.1 Å². The Kier molecular flexibility index (Phi) is 3.65. The molecule has 0 amide bonds. The highest BCUT2D eigenvalue weighted by molar-refractivity contribution is 7.71. The quantitative estimate of drug-likeness (QED) is 0.742. The third-order valence-corrected chi connectivity index (χ3v) is 3.18. The van der Waals surface area contributed by atoms with Crippen LogP contribution in [0.2, 0.25) is 0 Å². The fourth-order valence-corrected chi connectivity index (χ4v) is 2.29. The van der Waals surface area contributed by atoms with Gasteiger partial charge in [-0.05, 0) is 23.3 Å². The number of hydrogen-bond donors (Lipinski definition) is 1. The highest BCUT2D eigenvalue weighted by Gasteiger charge is 2.03. The van der Waals surface area contributed by atoms with Crippen LogP contribution in [0.5, 0.6) is 0 Å². The van der Waals surface area contributed by atoms with Gasteiger partial charge in [0, 0.05) is 24.5 Å². The molecule has 0 aliphatic carbocycles. The first kappa shape index (κ1) is 12.7. The van der Waals surface area contributed by atoms with Gasteiger partial charge in [-0.1, -0.05) is 48.6 Å². The molecule has 0 saturated carbocycles. The lowest BCUT2D eigenvalue weighted by atomic mass is 10.1. The molecule has 98 valence electrons. The Labute approximate surface area is 122 Å². The maximum Gasteiger partial charge on any atom is 0.130 e. The van der Waals surface area contributed by atoms with Gasteiger partial charge in [0.25, 0.3) is 0 Å². The zero-order valence-corrected chi connectivity index (χ0v) is 11.6. The summed E-state index contributed by atoms with van der Waals surface area (Å²) >= 11 is 5.26. The molecule has 0 aliphatic rings. The van der Waals surface area contributed by atoms with Crippen molar-refractivity contribution in [1.29, 1.82) is 0 Å². The third-order valence-electron chi connectivity index (χ3n) is 2.97. The summed E-state index contributed by atoms with van der Waals surface area (Å²) in [5.41, 5.74) is 3.20. The minimum Gasteiger partial charge on any atom is -0.343 e. The van der Waals surface area contributed by atoms with Crippen LogP contribution in [0, 0.1) is 4.64 Å². The first-order valence-corrected chi connectivity index (χ1v) is 6.77. The Hall–Kier alpha value is -2.33. The molecule has 0 spiro atoms. The lowest BCUT2D eigenvalue weighted by Crippen LogP contribution is -1.99. The number of aromatic nitrogens is 3. The SMILES string of the molecule is S=c1cc(-c2ccccc2)[nH]c(Cc2cccnc2)n1. The topological polar surface area (TPSA) is 41.6 Å². The average molecular weight is 279 g/mol. The van der Waals surface area contributed by atoms with E-state index in [9.17, 15) is 0 Å². The van der Waals surface area contributed by atoms with Crippen LogP contribution < -0.4 is 0 Å². The van der Waals surface area contributed by atoms with Crippen molar-refractivity contribution in [3.63, 3.8) is 0 Å².